The lowest BCUT2D eigenvalue weighted by atomic mass is 9.94. The highest BCUT2D eigenvalue weighted by molar-refractivity contribution is 6.33. The van der Waals surface area contributed by atoms with Gasteiger partial charge in [-0.1, -0.05) is 37.3 Å². The van der Waals surface area contributed by atoms with Crippen LogP contribution in [0.3, 0.4) is 0 Å². The highest BCUT2D eigenvalue weighted by Gasteiger charge is 2.28. The topological polar surface area (TPSA) is 105 Å². The number of aliphatic hydroxyl groups is 1. The van der Waals surface area contributed by atoms with E-state index in [0.717, 1.165) is 25.7 Å². The fourth-order valence-electron chi connectivity index (χ4n) is 3.88. The van der Waals surface area contributed by atoms with Gasteiger partial charge in [-0.3, -0.25) is 18.7 Å². The number of nitrogens with one attached hydrogen (secondary N) is 2. The fourth-order valence-corrected chi connectivity index (χ4v) is 4.08. The second kappa shape index (κ2) is 10.2. The van der Waals surface area contributed by atoms with Gasteiger partial charge in [-0.15, -0.1) is 0 Å². The zero-order chi connectivity index (χ0) is 22.4. The SMILES string of the molecule is CCNC(=O)Cn1ccn(-c2ccc(Cl)c(C(=O)NCC3(O)CCCCCC3)c2)c1=O. The van der Waals surface area contributed by atoms with Crippen LogP contribution >= 0.6 is 11.6 Å². The van der Waals surface area contributed by atoms with Crippen LogP contribution in [0.2, 0.25) is 5.02 Å². The summed E-state index contributed by atoms with van der Waals surface area (Å²) in [5.74, 6) is -0.658. The van der Waals surface area contributed by atoms with Crippen LogP contribution < -0.4 is 16.3 Å². The van der Waals surface area contributed by atoms with Gasteiger partial charge < -0.3 is 15.7 Å². The molecule has 168 valence electrons. The van der Waals surface area contributed by atoms with Gasteiger partial charge in [-0.25, -0.2) is 4.79 Å². The van der Waals surface area contributed by atoms with Crippen molar-refractivity contribution in [2.75, 3.05) is 13.1 Å². The van der Waals surface area contributed by atoms with Gasteiger partial charge in [0.05, 0.1) is 21.9 Å². The molecule has 0 unspecified atom stereocenters. The molecule has 0 atom stereocenters. The summed E-state index contributed by atoms with van der Waals surface area (Å²) in [6.45, 7) is 2.37. The molecule has 1 aromatic carbocycles. The van der Waals surface area contributed by atoms with Crippen LogP contribution in [-0.2, 0) is 11.3 Å². The molecular weight excluding hydrogens is 420 g/mol. The van der Waals surface area contributed by atoms with E-state index in [1.165, 1.54) is 21.4 Å². The number of likely N-dealkylation sites (N-methyl/N-ethyl adjacent to an activating group) is 1. The number of rotatable bonds is 7. The van der Waals surface area contributed by atoms with Gasteiger partial charge in [0, 0.05) is 25.5 Å². The number of carbonyl (C=O) groups excluding carboxylic acids is 2. The molecule has 0 aliphatic heterocycles. The van der Waals surface area contributed by atoms with E-state index in [1.54, 1.807) is 25.3 Å². The summed E-state index contributed by atoms with van der Waals surface area (Å²) < 4.78 is 2.64. The Balaban J connectivity index is 1.76. The second-order valence-corrected chi connectivity index (χ2v) is 8.42. The van der Waals surface area contributed by atoms with E-state index in [2.05, 4.69) is 10.6 Å². The van der Waals surface area contributed by atoms with Gasteiger partial charge in [0.1, 0.15) is 6.54 Å². The number of aromatic nitrogens is 2. The number of carbonyl (C=O) groups is 2. The highest BCUT2D eigenvalue weighted by Crippen LogP contribution is 2.27. The van der Waals surface area contributed by atoms with E-state index in [-0.39, 0.29) is 29.6 Å². The smallest absolute Gasteiger partial charge is 0.333 e. The largest absolute Gasteiger partial charge is 0.388 e. The Morgan fingerprint density at radius 1 is 1.13 bits per heavy atom. The molecule has 0 radical (unpaired) electrons. The molecule has 3 rings (SSSR count). The molecule has 1 fully saturated rings. The predicted octanol–water partition coefficient (Wildman–Crippen LogP) is 2.24. The zero-order valence-electron chi connectivity index (χ0n) is 17.7. The Labute approximate surface area is 186 Å². The van der Waals surface area contributed by atoms with Crippen molar-refractivity contribution in [3.8, 4) is 5.69 Å². The lowest BCUT2D eigenvalue weighted by Crippen LogP contribution is -2.42. The van der Waals surface area contributed by atoms with Crippen molar-refractivity contribution >= 4 is 23.4 Å². The number of hydrogen-bond donors (Lipinski definition) is 3. The minimum Gasteiger partial charge on any atom is -0.388 e. The molecule has 9 heteroatoms. The molecule has 1 aliphatic rings. The average molecular weight is 449 g/mol. The Morgan fingerprint density at radius 2 is 1.84 bits per heavy atom. The van der Waals surface area contributed by atoms with Gasteiger partial charge in [-0.05, 0) is 38.0 Å². The summed E-state index contributed by atoms with van der Waals surface area (Å²) in [7, 11) is 0. The Hall–Kier alpha value is -2.58. The van der Waals surface area contributed by atoms with Crippen molar-refractivity contribution in [2.45, 2.75) is 57.6 Å². The molecule has 0 saturated heterocycles. The molecule has 1 heterocycles. The monoisotopic (exact) mass is 448 g/mol. The van der Waals surface area contributed by atoms with Crippen LogP contribution in [0.5, 0.6) is 0 Å². The molecule has 0 spiro atoms. The minimum atomic E-state index is -0.899. The maximum atomic E-state index is 12.8. The molecule has 31 heavy (non-hydrogen) atoms. The molecule has 1 saturated carbocycles. The normalized spacial score (nSPS) is 15.8. The maximum Gasteiger partial charge on any atom is 0.333 e. The first-order valence-corrected chi connectivity index (χ1v) is 11.1. The van der Waals surface area contributed by atoms with Crippen molar-refractivity contribution in [2.24, 2.45) is 0 Å². The van der Waals surface area contributed by atoms with Crippen LogP contribution in [-0.4, -0.2) is 44.7 Å². The highest BCUT2D eigenvalue weighted by atomic mass is 35.5. The Bertz CT molecular complexity index is 990. The van der Waals surface area contributed by atoms with Crippen LogP contribution in [0.15, 0.2) is 35.4 Å². The van der Waals surface area contributed by atoms with E-state index in [9.17, 15) is 19.5 Å². The van der Waals surface area contributed by atoms with E-state index in [1.807, 2.05) is 0 Å². The summed E-state index contributed by atoms with van der Waals surface area (Å²) in [5, 5.41) is 16.5. The standard InChI is InChI=1S/C22H29ClN4O4/c1-2-24-19(28)14-26-11-12-27(21(26)30)16-7-8-18(23)17(13-16)20(29)25-15-22(31)9-5-3-4-6-10-22/h7-8,11-13,31H,2-6,9-10,14-15H2,1H3,(H,24,28)(H,25,29). The lowest BCUT2D eigenvalue weighted by Gasteiger charge is -2.26. The van der Waals surface area contributed by atoms with Crippen LogP contribution in [0, 0.1) is 0 Å². The van der Waals surface area contributed by atoms with Gasteiger partial charge in [-0.2, -0.15) is 0 Å². The Morgan fingerprint density at radius 3 is 2.52 bits per heavy atom. The molecule has 2 amide bonds. The van der Waals surface area contributed by atoms with E-state index in [0.29, 0.717) is 25.1 Å². The maximum absolute atomic E-state index is 12.8. The molecule has 1 aliphatic carbocycles. The average Bonchev–Trinajstić information content (AvgIpc) is 2.95. The van der Waals surface area contributed by atoms with Gasteiger partial charge in [0.2, 0.25) is 5.91 Å². The zero-order valence-corrected chi connectivity index (χ0v) is 18.5. The first kappa shape index (κ1) is 23.1. The molecular formula is C22H29ClN4O4. The van der Waals surface area contributed by atoms with Crippen molar-refractivity contribution in [3.63, 3.8) is 0 Å². The Kier molecular flexibility index (Phi) is 7.56. The lowest BCUT2D eigenvalue weighted by molar-refractivity contribution is -0.121. The summed E-state index contributed by atoms with van der Waals surface area (Å²) in [4.78, 5) is 37.2. The summed E-state index contributed by atoms with van der Waals surface area (Å²) >= 11 is 6.24. The molecule has 2 aromatic rings. The van der Waals surface area contributed by atoms with Gasteiger partial charge >= 0.3 is 5.69 Å². The predicted molar refractivity (Wildman–Crippen MR) is 119 cm³/mol. The number of amides is 2. The first-order chi connectivity index (χ1) is 14.8. The second-order valence-electron chi connectivity index (χ2n) is 8.02. The third-order valence-corrected chi connectivity index (χ3v) is 5.95. The van der Waals surface area contributed by atoms with Crippen LogP contribution in [0.25, 0.3) is 5.69 Å². The van der Waals surface area contributed by atoms with E-state index < -0.39 is 17.2 Å². The minimum absolute atomic E-state index is 0.0841. The number of hydrogen-bond acceptors (Lipinski definition) is 4. The van der Waals surface area contributed by atoms with Crippen LogP contribution in [0.4, 0.5) is 0 Å². The van der Waals surface area contributed by atoms with Crippen molar-refractivity contribution in [1.29, 1.82) is 0 Å². The number of halogens is 1. The first-order valence-electron chi connectivity index (χ1n) is 10.7. The third-order valence-electron chi connectivity index (χ3n) is 5.62. The number of imidazole rings is 1. The van der Waals surface area contributed by atoms with Crippen molar-refractivity contribution in [3.05, 3.63) is 51.7 Å². The summed E-state index contributed by atoms with van der Waals surface area (Å²) in [6, 6.07) is 4.72. The molecule has 8 nitrogen and oxygen atoms in total. The number of benzene rings is 1. The third kappa shape index (κ3) is 5.77. The van der Waals surface area contributed by atoms with Gasteiger partial charge in [0.25, 0.3) is 5.91 Å². The van der Waals surface area contributed by atoms with Crippen molar-refractivity contribution in [1.82, 2.24) is 19.8 Å². The summed E-state index contributed by atoms with van der Waals surface area (Å²) in [6.07, 6.45) is 8.47. The van der Waals surface area contributed by atoms with E-state index >= 15 is 0 Å². The van der Waals surface area contributed by atoms with E-state index in [4.69, 9.17) is 11.6 Å². The molecule has 0 bridgehead atoms. The van der Waals surface area contributed by atoms with Crippen molar-refractivity contribution < 1.29 is 14.7 Å². The number of nitrogens with zero attached hydrogens (tertiary/aromatic N) is 2. The van der Waals surface area contributed by atoms with Crippen LogP contribution in [0.1, 0.15) is 55.8 Å². The van der Waals surface area contributed by atoms with Gasteiger partial charge in [0.15, 0.2) is 0 Å². The summed E-state index contributed by atoms with van der Waals surface area (Å²) in [5.41, 5.74) is -0.612. The quantitative estimate of drug-likeness (QED) is 0.565. The molecule has 3 N–H and O–H groups in total. The molecule has 1 aromatic heterocycles. The fraction of sp³-hybridized carbons (Fsp3) is 0.500.